The lowest BCUT2D eigenvalue weighted by atomic mass is 9.91. The topological polar surface area (TPSA) is 130 Å². The Morgan fingerprint density at radius 2 is 1.71 bits per heavy atom. The second-order valence-electron chi connectivity index (χ2n) is 4.57. The van der Waals surface area contributed by atoms with Gasteiger partial charge in [0.2, 0.25) is 11.4 Å². The zero-order valence-corrected chi connectivity index (χ0v) is 12.2. The van der Waals surface area contributed by atoms with Gasteiger partial charge in [-0.05, 0) is 26.2 Å². The van der Waals surface area contributed by atoms with Crippen LogP contribution in [0.25, 0.3) is 0 Å². The summed E-state index contributed by atoms with van der Waals surface area (Å²) in [5, 5.41) is 20.0. The third kappa shape index (κ3) is 6.24. The number of carbonyl (C=O) groups excluding carboxylic acids is 2. The minimum atomic E-state index is -2.12. The lowest BCUT2D eigenvalue weighted by Gasteiger charge is -2.27. The molecular weight excluding hydrogens is 282 g/mol. The van der Waals surface area contributed by atoms with Crippen molar-refractivity contribution in [3.63, 3.8) is 0 Å². The van der Waals surface area contributed by atoms with Crippen LogP contribution in [0.5, 0.6) is 0 Å². The molecule has 0 spiro atoms. The molecule has 0 aliphatic rings. The average Bonchev–Trinajstić information content (AvgIpc) is 2.35. The summed E-state index contributed by atoms with van der Waals surface area (Å²) in [5.74, 6) is -4.11. The number of carboxylic acid groups (broad SMARTS) is 2. The molecule has 0 fully saturated rings. The van der Waals surface area contributed by atoms with Crippen molar-refractivity contribution in [3.8, 4) is 0 Å². The van der Waals surface area contributed by atoms with E-state index in [2.05, 4.69) is 5.32 Å². The maximum atomic E-state index is 11.9. The van der Waals surface area contributed by atoms with E-state index in [1.165, 1.54) is 6.92 Å². The molecule has 1 amide bonds. The van der Waals surface area contributed by atoms with Crippen LogP contribution in [-0.2, 0) is 23.9 Å². The molecule has 0 radical (unpaired) electrons. The fraction of sp³-hybridized carbons (Fsp3) is 0.692. The molecule has 0 saturated heterocycles. The molecule has 0 aliphatic heterocycles. The second kappa shape index (κ2) is 8.93. The summed E-state index contributed by atoms with van der Waals surface area (Å²) in [6.07, 6.45) is 0.896. The number of unbranched alkanes of at least 4 members (excludes halogenated alkanes) is 2. The number of nitrogens with one attached hydrogen (secondary N) is 1. The molecule has 8 heteroatoms. The SMILES string of the molecule is CCOC(=O)C(CCCCCC(=O)O)(NC(C)=O)C(=O)O. The normalized spacial score (nSPS) is 13.0. The molecule has 0 bridgehead atoms. The van der Waals surface area contributed by atoms with Crippen LogP contribution >= 0.6 is 0 Å². The van der Waals surface area contributed by atoms with Gasteiger partial charge in [0.05, 0.1) is 6.61 Å². The van der Waals surface area contributed by atoms with Crippen LogP contribution < -0.4 is 5.32 Å². The summed E-state index contributed by atoms with van der Waals surface area (Å²) < 4.78 is 4.74. The Balaban J connectivity index is 4.84. The predicted octanol–water partition coefficient (Wildman–Crippen LogP) is 0.544. The van der Waals surface area contributed by atoms with Gasteiger partial charge in [0, 0.05) is 13.3 Å². The van der Waals surface area contributed by atoms with Gasteiger partial charge in [-0.25, -0.2) is 9.59 Å². The molecule has 120 valence electrons. The number of esters is 1. The summed E-state index contributed by atoms with van der Waals surface area (Å²) >= 11 is 0. The second-order valence-corrected chi connectivity index (χ2v) is 4.57. The standard InChI is InChI=1S/C13H21NO7/c1-3-21-12(20)13(11(18)19,14-9(2)15)8-6-4-5-7-10(16)17/h3-8H2,1-2H3,(H,14,15)(H,16,17)(H,18,19). The van der Waals surface area contributed by atoms with Crippen LogP contribution in [0.15, 0.2) is 0 Å². The average molecular weight is 303 g/mol. The lowest BCUT2D eigenvalue weighted by Crippen LogP contribution is -2.60. The Morgan fingerprint density at radius 1 is 1.10 bits per heavy atom. The Kier molecular flexibility index (Phi) is 8.03. The number of ether oxygens (including phenoxy) is 1. The Bertz CT molecular complexity index is 407. The van der Waals surface area contributed by atoms with Gasteiger partial charge in [-0.1, -0.05) is 6.42 Å². The van der Waals surface area contributed by atoms with E-state index in [0.29, 0.717) is 12.8 Å². The third-order valence-electron chi connectivity index (χ3n) is 2.82. The van der Waals surface area contributed by atoms with Crippen LogP contribution in [0.3, 0.4) is 0 Å². The van der Waals surface area contributed by atoms with Crippen LogP contribution in [0.4, 0.5) is 0 Å². The summed E-state index contributed by atoms with van der Waals surface area (Å²) in [6.45, 7) is 2.64. The first-order chi connectivity index (χ1) is 9.76. The van der Waals surface area contributed by atoms with Crippen molar-refractivity contribution < 1.29 is 34.1 Å². The van der Waals surface area contributed by atoms with Crippen LogP contribution in [0.2, 0.25) is 0 Å². The van der Waals surface area contributed by atoms with Gasteiger partial charge in [0.15, 0.2) is 0 Å². The first kappa shape index (κ1) is 18.9. The van der Waals surface area contributed by atoms with Gasteiger partial charge < -0.3 is 20.3 Å². The minimum absolute atomic E-state index is 0.00748. The monoisotopic (exact) mass is 303 g/mol. The highest BCUT2D eigenvalue weighted by Gasteiger charge is 2.48. The van der Waals surface area contributed by atoms with Crippen LogP contribution in [0, 0.1) is 0 Å². The van der Waals surface area contributed by atoms with Crippen LogP contribution in [0.1, 0.15) is 46.0 Å². The highest BCUT2D eigenvalue weighted by atomic mass is 16.5. The summed E-state index contributed by atoms with van der Waals surface area (Å²) in [4.78, 5) is 44.9. The Morgan fingerprint density at radius 3 is 2.14 bits per heavy atom. The minimum Gasteiger partial charge on any atom is -0.481 e. The first-order valence-corrected chi connectivity index (χ1v) is 6.67. The van der Waals surface area contributed by atoms with Crippen molar-refractivity contribution in [3.05, 3.63) is 0 Å². The van der Waals surface area contributed by atoms with E-state index in [9.17, 15) is 24.3 Å². The summed E-state index contributed by atoms with van der Waals surface area (Å²) in [7, 11) is 0. The number of carboxylic acids is 2. The predicted molar refractivity (Wildman–Crippen MR) is 71.5 cm³/mol. The van der Waals surface area contributed by atoms with Gasteiger partial charge in [-0.3, -0.25) is 9.59 Å². The van der Waals surface area contributed by atoms with E-state index in [4.69, 9.17) is 9.84 Å². The van der Waals surface area contributed by atoms with Crippen molar-refractivity contribution >= 4 is 23.8 Å². The molecule has 0 heterocycles. The lowest BCUT2D eigenvalue weighted by molar-refractivity contribution is -0.165. The maximum Gasteiger partial charge on any atom is 0.343 e. The smallest absolute Gasteiger partial charge is 0.343 e. The highest BCUT2D eigenvalue weighted by molar-refractivity contribution is 6.06. The molecule has 0 aromatic heterocycles. The zero-order chi connectivity index (χ0) is 16.5. The third-order valence-corrected chi connectivity index (χ3v) is 2.82. The number of rotatable bonds is 10. The molecular formula is C13H21NO7. The molecule has 8 nitrogen and oxygen atoms in total. The van der Waals surface area contributed by atoms with Crippen molar-refractivity contribution in [2.75, 3.05) is 6.61 Å². The molecule has 0 rings (SSSR count). The van der Waals surface area contributed by atoms with Gasteiger partial charge in [-0.2, -0.15) is 0 Å². The summed E-state index contributed by atoms with van der Waals surface area (Å²) in [6, 6.07) is 0. The van der Waals surface area contributed by atoms with Gasteiger partial charge in [0.25, 0.3) is 0 Å². The van der Waals surface area contributed by atoms with Gasteiger partial charge in [-0.15, -0.1) is 0 Å². The molecule has 0 aliphatic carbocycles. The number of hydrogen-bond acceptors (Lipinski definition) is 5. The van der Waals surface area contributed by atoms with E-state index in [-0.39, 0.29) is 25.9 Å². The Hall–Kier alpha value is -2.12. The quantitative estimate of drug-likeness (QED) is 0.305. The van der Waals surface area contributed by atoms with E-state index in [1.54, 1.807) is 0 Å². The Labute approximate surface area is 122 Å². The molecule has 1 unspecified atom stereocenters. The van der Waals surface area contributed by atoms with E-state index >= 15 is 0 Å². The number of amides is 1. The molecule has 21 heavy (non-hydrogen) atoms. The summed E-state index contributed by atoms with van der Waals surface area (Å²) in [5.41, 5.74) is -2.12. The number of hydrogen-bond donors (Lipinski definition) is 3. The van der Waals surface area contributed by atoms with Crippen molar-refractivity contribution in [2.45, 2.75) is 51.5 Å². The van der Waals surface area contributed by atoms with E-state index in [1.807, 2.05) is 0 Å². The van der Waals surface area contributed by atoms with E-state index < -0.39 is 29.4 Å². The number of carbonyl (C=O) groups is 4. The molecule has 0 aromatic rings. The van der Waals surface area contributed by atoms with Crippen molar-refractivity contribution in [1.82, 2.24) is 5.32 Å². The maximum absolute atomic E-state index is 11.9. The first-order valence-electron chi connectivity index (χ1n) is 6.67. The van der Waals surface area contributed by atoms with Gasteiger partial charge >= 0.3 is 17.9 Å². The van der Waals surface area contributed by atoms with Gasteiger partial charge in [0.1, 0.15) is 0 Å². The van der Waals surface area contributed by atoms with Crippen LogP contribution in [-0.4, -0.2) is 46.2 Å². The zero-order valence-electron chi connectivity index (χ0n) is 12.2. The van der Waals surface area contributed by atoms with Crippen molar-refractivity contribution in [1.29, 1.82) is 0 Å². The fourth-order valence-electron chi connectivity index (χ4n) is 1.86. The highest BCUT2D eigenvalue weighted by Crippen LogP contribution is 2.19. The molecule has 0 saturated carbocycles. The molecule has 3 N–H and O–H groups in total. The molecule has 1 atom stereocenters. The largest absolute Gasteiger partial charge is 0.481 e. The molecule has 0 aromatic carbocycles. The van der Waals surface area contributed by atoms with Crippen molar-refractivity contribution in [2.24, 2.45) is 0 Å². The number of aliphatic carboxylic acids is 2. The fourth-order valence-corrected chi connectivity index (χ4v) is 1.86. The van der Waals surface area contributed by atoms with E-state index in [0.717, 1.165) is 6.92 Å².